The Labute approximate surface area is 196 Å². The standard InChI is InChI=1S/C23H21F3N6O2/c1-11-10-32-13(3)30-18(19(32)21(27)28-11)16-7-8-17(29-12(16)2)31-22(34)20(33)14-5-4-6-15(9-14)23(24,25)26/h4-10,20,33H,1-3H3,(H2,27,28)(H,29,31,34)/i3D3. The molecule has 1 aromatic carbocycles. The minimum Gasteiger partial charge on any atom is -0.382 e. The Morgan fingerprint density at radius 1 is 1.21 bits per heavy atom. The molecule has 3 heterocycles. The van der Waals surface area contributed by atoms with E-state index in [1.165, 1.54) is 28.8 Å². The van der Waals surface area contributed by atoms with Crippen LogP contribution in [-0.4, -0.2) is 30.4 Å². The molecule has 0 radical (unpaired) electrons. The van der Waals surface area contributed by atoms with Gasteiger partial charge in [-0.2, -0.15) is 13.2 Å². The van der Waals surface area contributed by atoms with Gasteiger partial charge in [-0.3, -0.25) is 9.20 Å². The lowest BCUT2D eigenvalue weighted by molar-refractivity contribution is -0.138. The summed E-state index contributed by atoms with van der Waals surface area (Å²) in [5.41, 5.74) is 6.61. The number of nitrogens with one attached hydrogen (secondary N) is 1. The van der Waals surface area contributed by atoms with Crippen LogP contribution < -0.4 is 11.1 Å². The number of benzene rings is 1. The van der Waals surface area contributed by atoms with Crippen LogP contribution in [0.2, 0.25) is 0 Å². The van der Waals surface area contributed by atoms with Crippen molar-refractivity contribution in [2.24, 2.45) is 0 Å². The smallest absolute Gasteiger partial charge is 0.382 e. The van der Waals surface area contributed by atoms with Gasteiger partial charge >= 0.3 is 6.18 Å². The fraction of sp³-hybridized carbons (Fsp3) is 0.217. The summed E-state index contributed by atoms with van der Waals surface area (Å²) in [6.45, 7) is 0.708. The van der Waals surface area contributed by atoms with Gasteiger partial charge in [-0.05, 0) is 50.5 Å². The molecule has 0 bridgehead atoms. The van der Waals surface area contributed by atoms with Crippen molar-refractivity contribution in [1.29, 1.82) is 0 Å². The molecule has 0 saturated heterocycles. The predicted molar refractivity (Wildman–Crippen MR) is 120 cm³/mol. The second-order valence-electron chi connectivity index (χ2n) is 7.61. The maximum atomic E-state index is 13.0. The lowest BCUT2D eigenvalue weighted by atomic mass is 10.1. The van der Waals surface area contributed by atoms with Crippen molar-refractivity contribution < 1.29 is 27.2 Å². The van der Waals surface area contributed by atoms with E-state index in [0.29, 0.717) is 23.0 Å². The summed E-state index contributed by atoms with van der Waals surface area (Å²) >= 11 is 0. The zero-order valence-corrected chi connectivity index (χ0v) is 18.0. The van der Waals surface area contributed by atoms with Crippen molar-refractivity contribution in [1.82, 2.24) is 19.4 Å². The fourth-order valence-electron chi connectivity index (χ4n) is 3.56. The molecular weight excluding hydrogens is 449 g/mol. The van der Waals surface area contributed by atoms with Crippen LogP contribution in [0.4, 0.5) is 24.8 Å². The fourth-order valence-corrected chi connectivity index (χ4v) is 3.56. The minimum absolute atomic E-state index is 0.0128. The third-order valence-corrected chi connectivity index (χ3v) is 5.14. The van der Waals surface area contributed by atoms with Crippen LogP contribution in [0, 0.1) is 20.7 Å². The van der Waals surface area contributed by atoms with Crippen LogP contribution in [0.1, 0.15) is 38.6 Å². The summed E-state index contributed by atoms with van der Waals surface area (Å²) < 4.78 is 63.8. The Morgan fingerprint density at radius 2 is 1.97 bits per heavy atom. The van der Waals surface area contributed by atoms with Gasteiger partial charge in [-0.1, -0.05) is 12.1 Å². The SMILES string of the molecule is [2H]C([2H])([2H])c1nc(-c2ccc(NC(=O)C(O)c3cccc(C(F)(F)F)c3)nc2C)c2c(N)nc(C)cn12. The Balaban J connectivity index is 1.66. The Bertz CT molecular complexity index is 1520. The lowest BCUT2D eigenvalue weighted by Crippen LogP contribution is -2.22. The van der Waals surface area contributed by atoms with E-state index in [-0.39, 0.29) is 34.2 Å². The summed E-state index contributed by atoms with van der Waals surface area (Å²) in [5, 5.41) is 12.7. The lowest BCUT2D eigenvalue weighted by Gasteiger charge is -2.14. The zero-order chi connectivity index (χ0) is 27.3. The number of fused-ring (bicyclic) bond motifs is 1. The first-order valence-corrected chi connectivity index (χ1v) is 9.96. The number of nitrogens with two attached hydrogens (primary N) is 1. The Hall–Kier alpha value is -3.99. The monoisotopic (exact) mass is 473 g/mol. The summed E-state index contributed by atoms with van der Waals surface area (Å²) in [4.78, 5) is 25.3. The minimum atomic E-state index is -4.63. The molecule has 0 fully saturated rings. The molecule has 4 rings (SSSR count). The van der Waals surface area contributed by atoms with E-state index in [1.54, 1.807) is 13.8 Å². The van der Waals surface area contributed by atoms with Gasteiger partial charge in [0.2, 0.25) is 0 Å². The van der Waals surface area contributed by atoms with Gasteiger partial charge in [0.1, 0.15) is 28.7 Å². The largest absolute Gasteiger partial charge is 0.416 e. The molecule has 0 aliphatic heterocycles. The molecule has 176 valence electrons. The van der Waals surface area contributed by atoms with Gasteiger partial charge in [-0.15, -0.1) is 0 Å². The molecule has 4 N–H and O–H groups in total. The quantitative estimate of drug-likeness (QED) is 0.413. The van der Waals surface area contributed by atoms with Crippen molar-refractivity contribution in [2.45, 2.75) is 33.0 Å². The molecular formula is C23H21F3N6O2. The van der Waals surface area contributed by atoms with Gasteiger partial charge in [0, 0.05) is 21.6 Å². The normalized spacial score (nSPS) is 14.4. The number of carbonyl (C=O) groups excluding carboxylic acids is 1. The molecule has 0 saturated carbocycles. The van der Waals surface area contributed by atoms with Crippen LogP contribution in [0.25, 0.3) is 16.8 Å². The molecule has 1 amide bonds. The summed E-state index contributed by atoms with van der Waals surface area (Å²) in [5.74, 6) is -1.12. The molecule has 8 nitrogen and oxygen atoms in total. The topological polar surface area (TPSA) is 118 Å². The van der Waals surface area contributed by atoms with Gasteiger partial charge < -0.3 is 16.2 Å². The average molecular weight is 473 g/mol. The number of aliphatic hydroxyl groups excluding tert-OH is 1. The first-order valence-electron chi connectivity index (χ1n) is 11.5. The van der Waals surface area contributed by atoms with Crippen molar-refractivity contribution in [3.8, 4) is 11.3 Å². The number of aryl methyl sites for hydroxylation is 3. The van der Waals surface area contributed by atoms with Crippen LogP contribution in [0.15, 0.2) is 42.6 Å². The molecule has 3 aromatic heterocycles. The summed E-state index contributed by atoms with van der Waals surface area (Å²) in [6, 6.07) is 6.73. The van der Waals surface area contributed by atoms with Gasteiger partial charge in [0.25, 0.3) is 5.91 Å². The van der Waals surface area contributed by atoms with E-state index in [1.807, 2.05) is 0 Å². The Morgan fingerprint density at radius 3 is 2.65 bits per heavy atom. The van der Waals surface area contributed by atoms with E-state index in [0.717, 1.165) is 12.1 Å². The molecule has 0 aliphatic carbocycles. The number of hydrogen-bond acceptors (Lipinski definition) is 6. The first-order chi connectivity index (χ1) is 17.2. The molecule has 34 heavy (non-hydrogen) atoms. The molecule has 1 atom stereocenters. The second-order valence-corrected chi connectivity index (χ2v) is 7.61. The third-order valence-electron chi connectivity index (χ3n) is 5.14. The number of pyridine rings is 1. The summed E-state index contributed by atoms with van der Waals surface area (Å²) in [6.07, 6.45) is -5.00. The highest BCUT2D eigenvalue weighted by molar-refractivity contribution is 5.94. The van der Waals surface area contributed by atoms with E-state index in [9.17, 15) is 23.1 Å². The number of halogens is 3. The van der Waals surface area contributed by atoms with Crippen LogP contribution in [0.5, 0.6) is 0 Å². The van der Waals surface area contributed by atoms with Gasteiger partial charge in [0.05, 0.1) is 11.3 Å². The second kappa shape index (κ2) is 8.41. The number of anilines is 2. The van der Waals surface area contributed by atoms with E-state index < -0.39 is 30.6 Å². The van der Waals surface area contributed by atoms with Crippen molar-refractivity contribution in [2.75, 3.05) is 11.1 Å². The first kappa shape index (κ1) is 19.5. The molecule has 0 aliphatic rings. The molecule has 0 spiro atoms. The molecule has 11 heteroatoms. The number of nitrogen functional groups attached to an aromatic ring is 1. The zero-order valence-electron chi connectivity index (χ0n) is 21.0. The van der Waals surface area contributed by atoms with E-state index >= 15 is 0 Å². The maximum absolute atomic E-state index is 13.0. The number of imidazole rings is 1. The van der Waals surface area contributed by atoms with Gasteiger partial charge in [-0.25, -0.2) is 15.0 Å². The average Bonchev–Trinajstić information content (AvgIpc) is 3.18. The maximum Gasteiger partial charge on any atom is 0.416 e. The number of nitrogens with zero attached hydrogens (tertiary/aromatic N) is 4. The van der Waals surface area contributed by atoms with Gasteiger partial charge in [0.15, 0.2) is 6.10 Å². The summed E-state index contributed by atoms with van der Waals surface area (Å²) in [7, 11) is 0. The van der Waals surface area contributed by atoms with Crippen LogP contribution in [-0.2, 0) is 11.0 Å². The van der Waals surface area contributed by atoms with Crippen LogP contribution >= 0.6 is 0 Å². The number of alkyl halides is 3. The Kier molecular flexibility index (Phi) is 4.82. The molecule has 1 unspecified atom stereocenters. The van der Waals surface area contributed by atoms with E-state index in [4.69, 9.17) is 9.85 Å². The number of aromatic nitrogens is 4. The number of hydrogen-bond donors (Lipinski definition) is 3. The predicted octanol–water partition coefficient (Wildman–Crippen LogP) is 3.99. The third kappa shape index (κ3) is 4.29. The highest BCUT2D eigenvalue weighted by Crippen LogP contribution is 2.32. The number of rotatable bonds is 4. The molecule has 4 aromatic rings. The number of carbonyl (C=O) groups is 1. The van der Waals surface area contributed by atoms with Crippen molar-refractivity contribution in [3.05, 3.63) is 70.9 Å². The van der Waals surface area contributed by atoms with E-state index in [2.05, 4.69) is 20.3 Å². The highest BCUT2D eigenvalue weighted by atomic mass is 19.4. The van der Waals surface area contributed by atoms with Crippen LogP contribution in [0.3, 0.4) is 0 Å². The highest BCUT2D eigenvalue weighted by Gasteiger charge is 2.31. The van der Waals surface area contributed by atoms with Crippen molar-refractivity contribution >= 4 is 23.1 Å². The number of amides is 1. The van der Waals surface area contributed by atoms with Crippen molar-refractivity contribution in [3.63, 3.8) is 0 Å². The number of aliphatic hydroxyl groups is 1.